The Labute approximate surface area is 212 Å². The molecular weight excluding hydrogens is 530 g/mol. The molecule has 4 rings (SSSR count). The lowest BCUT2D eigenvalue weighted by atomic mass is 9.93. The highest BCUT2D eigenvalue weighted by atomic mass is 19.4. The molecule has 2 atom stereocenters. The maximum atomic E-state index is 10.6. The highest BCUT2D eigenvalue weighted by molar-refractivity contribution is 5.73. The lowest BCUT2D eigenvalue weighted by Gasteiger charge is -2.37. The molecule has 16 heteroatoms. The Bertz CT molecular complexity index is 1010. The zero-order valence-corrected chi connectivity index (χ0v) is 20.1. The van der Waals surface area contributed by atoms with E-state index in [-0.39, 0.29) is 6.10 Å². The Balaban J connectivity index is 0.000000301. The smallest absolute Gasteiger partial charge is 0.475 e. The van der Waals surface area contributed by atoms with E-state index >= 15 is 0 Å². The van der Waals surface area contributed by atoms with Crippen molar-refractivity contribution >= 4 is 17.9 Å². The van der Waals surface area contributed by atoms with Crippen LogP contribution in [0.1, 0.15) is 17.9 Å². The highest BCUT2D eigenvalue weighted by Gasteiger charge is 2.39. The Morgan fingerprint density at radius 2 is 1.58 bits per heavy atom. The molecule has 2 aromatic heterocycles. The number of piperidine rings is 1. The molecule has 2 fully saturated rings. The fourth-order valence-corrected chi connectivity index (χ4v) is 3.69. The molecule has 212 valence electrons. The molecule has 0 amide bonds. The number of carboxylic acids is 2. The van der Waals surface area contributed by atoms with Crippen LogP contribution in [0, 0.1) is 12.8 Å². The average molecular weight is 556 g/mol. The van der Waals surface area contributed by atoms with E-state index in [1.807, 2.05) is 19.1 Å². The number of carbonyl (C=O) groups is 2. The van der Waals surface area contributed by atoms with Crippen molar-refractivity contribution in [2.24, 2.45) is 5.92 Å². The summed E-state index contributed by atoms with van der Waals surface area (Å²) in [5.41, 5.74) is 0. The molecule has 10 nitrogen and oxygen atoms in total. The Morgan fingerprint density at radius 1 is 1.00 bits per heavy atom. The Hall–Kier alpha value is -3.40. The minimum absolute atomic E-state index is 0.281. The van der Waals surface area contributed by atoms with Crippen molar-refractivity contribution < 1.29 is 55.3 Å². The third-order valence-electron chi connectivity index (χ3n) is 5.42. The van der Waals surface area contributed by atoms with Gasteiger partial charge in [0.1, 0.15) is 11.5 Å². The lowest BCUT2D eigenvalue weighted by molar-refractivity contribution is -0.193. The number of anilines is 1. The fraction of sp³-hybridized carbons (Fsp3) is 0.545. The molecule has 0 saturated carbocycles. The van der Waals surface area contributed by atoms with Gasteiger partial charge in [-0.05, 0) is 38.1 Å². The highest BCUT2D eigenvalue weighted by Crippen LogP contribution is 2.26. The second kappa shape index (κ2) is 13.4. The molecule has 2 saturated heterocycles. The monoisotopic (exact) mass is 556 g/mol. The first kappa shape index (κ1) is 30.8. The van der Waals surface area contributed by atoms with E-state index in [1.54, 1.807) is 12.4 Å². The number of aromatic nitrogens is 2. The zero-order chi connectivity index (χ0) is 28.5. The standard InChI is InChI=1S/C18H24N4O2.2C2HF3O2/c1-14-3-4-16(24-14)12-21-8-5-15-11-22(9-10-23-17(15)13-21)18-19-6-2-7-20-18;2*3-2(4,5)1(6)7/h2-4,6-7,15,17H,5,8-13H2,1H3;2*(H,6,7)/t15-,17-;;/m1../s1. The maximum absolute atomic E-state index is 10.6. The minimum Gasteiger partial charge on any atom is -0.475 e. The number of ether oxygens (including phenoxy) is 1. The number of halogens is 6. The van der Waals surface area contributed by atoms with Gasteiger partial charge < -0.3 is 24.3 Å². The fourth-order valence-electron chi connectivity index (χ4n) is 3.69. The second-order valence-corrected chi connectivity index (χ2v) is 8.31. The van der Waals surface area contributed by atoms with E-state index in [1.165, 1.54) is 0 Å². The number of nitrogens with zero attached hydrogens (tertiary/aromatic N) is 4. The van der Waals surface area contributed by atoms with E-state index < -0.39 is 24.3 Å². The summed E-state index contributed by atoms with van der Waals surface area (Å²) in [5.74, 6) is -2.15. The molecule has 0 unspecified atom stereocenters. The number of carboxylic acid groups (broad SMARTS) is 2. The summed E-state index contributed by atoms with van der Waals surface area (Å²) in [7, 11) is 0. The first-order valence-electron chi connectivity index (χ1n) is 11.2. The molecule has 2 aromatic rings. The first-order valence-corrected chi connectivity index (χ1v) is 11.2. The van der Waals surface area contributed by atoms with Gasteiger partial charge in [0.2, 0.25) is 5.95 Å². The van der Waals surface area contributed by atoms with Crippen molar-refractivity contribution in [3.63, 3.8) is 0 Å². The van der Waals surface area contributed by atoms with Gasteiger partial charge in [0.05, 0.1) is 19.3 Å². The molecular formula is C22H26F6N4O6. The molecule has 38 heavy (non-hydrogen) atoms. The second-order valence-electron chi connectivity index (χ2n) is 8.31. The van der Waals surface area contributed by atoms with Crippen LogP contribution in [0.15, 0.2) is 35.0 Å². The largest absolute Gasteiger partial charge is 0.490 e. The van der Waals surface area contributed by atoms with E-state index in [2.05, 4.69) is 25.8 Å². The quantitative estimate of drug-likeness (QED) is 0.543. The Kier molecular flexibility index (Phi) is 10.9. The van der Waals surface area contributed by atoms with Gasteiger partial charge >= 0.3 is 24.3 Å². The van der Waals surface area contributed by atoms with Crippen LogP contribution in [-0.4, -0.2) is 88.3 Å². The van der Waals surface area contributed by atoms with E-state index in [0.29, 0.717) is 5.92 Å². The first-order chi connectivity index (χ1) is 17.7. The number of aryl methyl sites for hydroxylation is 1. The number of hydrogen-bond acceptors (Lipinski definition) is 8. The molecule has 0 aliphatic carbocycles. The molecule has 2 aliphatic rings. The van der Waals surface area contributed by atoms with Crippen LogP contribution < -0.4 is 4.90 Å². The lowest BCUT2D eigenvalue weighted by Crippen LogP contribution is -2.46. The number of hydrogen-bond donors (Lipinski definition) is 2. The van der Waals surface area contributed by atoms with Crippen molar-refractivity contribution in [2.75, 3.05) is 37.7 Å². The van der Waals surface area contributed by atoms with Crippen LogP contribution in [0.5, 0.6) is 0 Å². The van der Waals surface area contributed by atoms with Crippen LogP contribution in [0.4, 0.5) is 32.3 Å². The zero-order valence-electron chi connectivity index (χ0n) is 20.1. The summed E-state index contributed by atoms with van der Waals surface area (Å²) in [6.45, 7) is 7.46. The third kappa shape index (κ3) is 10.2. The number of rotatable bonds is 3. The summed E-state index contributed by atoms with van der Waals surface area (Å²) >= 11 is 0. The van der Waals surface area contributed by atoms with E-state index in [0.717, 1.165) is 63.2 Å². The van der Waals surface area contributed by atoms with Gasteiger partial charge in [-0.3, -0.25) is 4.90 Å². The van der Waals surface area contributed by atoms with Gasteiger partial charge in [-0.1, -0.05) is 0 Å². The summed E-state index contributed by atoms with van der Waals surface area (Å²) < 4.78 is 75.3. The van der Waals surface area contributed by atoms with Crippen molar-refractivity contribution in [3.05, 3.63) is 42.1 Å². The molecule has 2 aliphatic heterocycles. The Morgan fingerprint density at radius 3 is 2.08 bits per heavy atom. The molecule has 0 aromatic carbocycles. The molecule has 4 heterocycles. The van der Waals surface area contributed by atoms with Crippen LogP contribution in [0.2, 0.25) is 0 Å². The average Bonchev–Trinajstić information content (AvgIpc) is 3.11. The molecule has 2 N–H and O–H groups in total. The minimum atomic E-state index is -5.08. The predicted octanol–water partition coefficient (Wildman–Crippen LogP) is 3.37. The van der Waals surface area contributed by atoms with Crippen molar-refractivity contribution in [2.45, 2.75) is 38.3 Å². The van der Waals surface area contributed by atoms with Crippen LogP contribution in [-0.2, 0) is 20.9 Å². The summed E-state index contributed by atoms with van der Waals surface area (Å²) in [6, 6.07) is 5.96. The normalized spacial score (nSPS) is 20.1. The summed E-state index contributed by atoms with van der Waals surface area (Å²) in [5, 5.41) is 14.2. The number of furan rings is 1. The van der Waals surface area contributed by atoms with Crippen molar-refractivity contribution in [1.29, 1.82) is 0 Å². The van der Waals surface area contributed by atoms with E-state index in [4.69, 9.17) is 29.0 Å². The van der Waals surface area contributed by atoms with Gasteiger partial charge in [0, 0.05) is 37.9 Å². The topological polar surface area (TPSA) is 129 Å². The van der Waals surface area contributed by atoms with Crippen LogP contribution in [0.3, 0.4) is 0 Å². The summed E-state index contributed by atoms with van der Waals surface area (Å²) in [4.78, 5) is 31.3. The van der Waals surface area contributed by atoms with E-state index in [9.17, 15) is 26.3 Å². The maximum Gasteiger partial charge on any atom is 0.490 e. The van der Waals surface area contributed by atoms with Crippen LogP contribution in [0.25, 0.3) is 0 Å². The van der Waals surface area contributed by atoms with Crippen molar-refractivity contribution in [3.8, 4) is 0 Å². The van der Waals surface area contributed by atoms with Gasteiger partial charge in [-0.25, -0.2) is 19.6 Å². The molecule has 0 bridgehead atoms. The van der Waals surface area contributed by atoms with Crippen molar-refractivity contribution in [1.82, 2.24) is 14.9 Å². The van der Waals surface area contributed by atoms with Gasteiger partial charge in [0.15, 0.2) is 0 Å². The van der Waals surface area contributed by atoms with Gasteiger partial charge in [0.25, 0.3) is 0 Å². The molecule has 0 radical (unpaired) electrons. The van der Waals surface area contributed by atoms with Gasteiger partial charge in [-0.2, -0.15) is 26.3 Å². The number of likely N-dealkylation sites (tertiary alicyclic amines) is 1. The number of alkyl halides is 6. The van der Waals surface area contributed by atoms with Crippen LogP contribution >= 0.6 is 0 Å². The van der Waals surface area contributed by atoms with Gasteiger partial charge in [-0.15, -0.1) is 0 Å². The number of aliphatic carboxylic acids is 2. The summed E-state index contributed by atoms with van der Waals surface area (Å²) in [6.07, 6.45) is -5.14. The SMILES string of the molecule is Cc1ccc(CN2CC[C@@H]3CN(c4ncccn4)CCO[C@@H]3C2)o1.O=C(O)C(F)(F)F.O=C(O)C(F)(F)F. The number of fused-ring (bicyclic) bond motifs is 1. The predicted molar refractivity (Wildman–Crippen MR) is 118 cm³/mol. The molecule has 0 spiro atoms. The third-order valence-corrected chi connectivity index (χ3v) is 5.42.